The molecule has 1 saturated heterocycles. The normalized spacial score (nSPS) is 15.8. The number of methoxy groups -OCH3 is 1. The molecule has 1 aromatic rings. The van der Waals surface area contributed by atoms with E-state index in [-0.39, 0.29) is 11.9 Å². The van der Waals surface area contributed by atoms with Crippen LogP contribution in [0.4, 0.5) is 0 Å². The van der Waals surface area contributed by atoms with Gasteiger partial charge in [0.2, 0.25) is 0 Å². The van der Waals surface area contributed by atoms with Gasteiger partial charge in [0, 0.05) is 25.1 Å². The zero-order valence-corrected chi connectivity index (χ0v) is 15.4. The molecule has 1 aromatic carbocycles. The summed E-state index contributed by atoms with van der Waals surface area (Å²) >= 11 is 0. The van der Waals surface area contributed by atoms with Crippen molar-refractivity contribution in [2.45, 2.75) is 31.8 Å². The number of nitrogens with zero attached hydrogens (tertiary/aromatic N) is 1. The highest BCUT2D eigenvalue weighted by atomic mass is 16.5. The van der Waals surface area contributed by atoms with Crippen molar-refractivity contribution in [3.05, 3.63) is 54.1 Å². The maximum Gasteiger partial charge on any atom is 0.163 e. The van der Waals surface area contributed by atoms with Gasteiger partial charge in [-0.2, -0.15) is 0 Å². The Balaban J connectivity index is 0.000000269. The van der Waals surface area contributed by atoms with Gasteiger partial charge in [0.1, 0.15) is 5.75 Å². The maximum absolute atomic E-state index is 12.1. The number of ether oxygens (including phenoxy) is 1. The van der Waals surface area contributed by atoms with Gasteiger partial charge in [-0.15, -0.1) is 0 Å². The van der Waals surface area contributed by atoms with Crippen molar-refractivity contribution < 1.29 is 14.6 Å². The highest BCUT2D eigenvalue weighted by Crippen LogP contribution is 2.29. The SMILES string of the molecule is COc1cccc(C(=O)CCCN2CCC(O)CC2)c1.c1cc2ccc1-2. The third-order valence-electron chi connectivity index (χ3n) is 5.05. The fourth-order valence-corrected chi connectivity index (χ4v) is 3.21. The van der Waals surface area contributed by atoms with E-state index in [9.17, 15) is 9.90 Å². The fourth-order valence-electron chi connectivity index (χ4n) is 3.21. The predicted molar refractivity (Wildman–Crippen MR) is 104 cm³/mol. The van der Waals surface area contributed by atoms with E-state index in [1.165, 1.54) is 11.1 Å². The number of carbonyl (C=O) groups is 1. The van der Waals surface area contributed by atoms with E-state index in [0.29, 0.717) is 6.42 Å². The number of rotatable bonds is 6. The van der Waals surface area contributed by atoms with E-state index in [1.54, 1.807) is 13.2 Å². The van der Waals surface area contributed by atoms with Crippen molar-refractivity contribution in [1.29, 1.82) is 0 Å². The van der Waals surface area contributed by atoms with Gasteiger partial charge in [-0.3, -0.25) is 4.79 Å². The Morgan fingerprint density at radius 3 is 2.31 bits per heavy atom. The minimum Gasteiger partial charge on any atom is -0.497 e. The summed E-state index contributed by atoms with van der Waals surface area (Å²) in [6.45, 7) is 2.81. The van der Waals surface area contributed by atoms with Gasteiger partial charge in [-0.05, 0) is 49.1 Å². The third kappa shape index (κ3) is 4.93. The van der Waals surface area contributed by atoms with Crippen LogP contribution in [-0.2, 0) is 0 Å². The van der Waals surface area contributed by atoms with Crippen LogP contribution in [0, 0.1) is 0 Å². The van der Waals surface area contributed by atoms with Gasteiger partial charge >= 0.3 is 0 Å². The van der Waals surface area contributed by atoms with Gasteiger partial charge < -0.3 is 14.7 Å². The summed E-state index contributed by atoms with van der Waals surface area (Å²) in [4.78, 5) is 14.4. The molecule has 0 bridgehead atoms. The summed E-state index contributed by atoms with van der Waals surface area (Å²) in [5.74, 6) is 0.891. The standard InChI is InChI=1S/C16H23NO3.C6H4/c1-20-15-5-2-4-13(12-15)16(19)6-3-9-17-10-7-14(18)8-11-17;1-2-6-4-3-5(1)6/h2,4-5,12,14,18H,3,6-11H2,1H3;1-4H. The molecule has 4 nitrogen and oxygen atoms in total. The van der Waals surface area contributed by atoms with Gasteiger partial charge in [0.25, 0.3) is 0 Å². The van der Waals surface area contributed by atoms with E-state index >= 15 is 0 Å². The van der Waals surface area contributed by atoms with Crippen LogP contribution in [0.1, 0.15) is 36.0 Å². The molecule has 1 fully saturated rings. The summed E-state index contributed by atoms with van der Waals surface area (Å²) < 4.78 is 5.13. The first kappa shape index (κ1) is 18.6. The van der Waals surface area contributed by atoms with Gasteiger partial charge in [0.15, 0.2) is 5.78 Å². The number of ketones is 1. The fraction of sp³-hybridized carbons (Fsp3) is 0.409. The number of Topliss-reactive ketones (excluding diaryl/α,β-unsaturated/α-hetero) is 1. The van der Waals surface area contributed by atoms with Crippen molar-refractivity contribution in [2.24, 2.45) is 0 Å². The van der Waals surface area contributed by atoms with E-state index in [0.717, 1.165) is 50.2 Å². The second-order valence-corrected chi connectivity index (χ2v) is 6.91. The second-order valence-electron chi connectivity index (χ2n) is 6.91. The second kappa shape index (κ2) is 8.97. The third-order valence-corrected chi connectivity index (χ3v) is 5.05. The molecule has 0 radical (unpaired) electrons. The molecule has 2 aliphatic carbocycles. The van der Waals surface area contributed by atoms with Crippen molar-refractivity contribution in [2.75, 3.05) is 26.7 Å². The van der Waals surface area contributed by atoms with E-state index < -0.39 is 0 Å². The van der Waals surface area contributed by atoms with Crippen LogP contribution >= 0.6 is 0 Å². The lowest BCUT2D eigenvalue weighted by Crippen LogP contribution is -2.36. The highest BCUT2D eigenvalue weighted by molar-refractivity contribution is 5.96. The average molecular weight is 353 g/mol. The predicted octanol–water partition coefficient (Wildman–Crippen LogP) is 3.78. The van der Waals surface area contributed by atoms with Crippen molar-refractivity contribution in [3.8, 4) is 16.9 Å². The van der Waals surface area contributed by atoms with E-state index in [1.807, 2.05) is 18.2 Å². The Morgan fingerprint density at radius 1 is 1.12 bits per heavy atom. The Morgan fingerprint density at radius 2 is 1.77 bits per heavy atom. The summed E-state index contributed by atoms with van der Waals surface area (Å²) in [5.41, 5.74) is 3.57. The number of benzene rings is 2. The number of piperidine rings is 1. The summed E-state index contributed by atoms with van der Waals surface area (Å²) in [6, 6.07) is 15.8. The lowest BCUT2D eigenvalue weighted by molar-refractivity contribution is 0.0800. The Kier molecular flexibility index (Phi) is 6.42. The van der Waals surface area contributed by atoms with Gasteiger partial charge in [0.05, 0.1) is 13.2 Å². The van der Waals surface area contributed by atoms with Crippen LogP contribution in [0.15, 0.2) is 48.5 Å². The first-order valence-corrected chi connectivity index (χ1v) is 9.34. The first-order valence-electron chi connectivity index (χ1n) is 9.34. The molecule has 4 heteroatoms. The molecule has 0 aromatic heterocycles. The number of aliphatic hydroxyl groups excluding tert-OH is 1. The molecular weight excluding hydrogens is 326 g/mol. The molecule has 0 spiro atoms. The first-order chi connectivity index (χ1) is 12.7. The number of likely N-dealkylation sites (tertiary alicyclic amines) is 1. The van der Waals surface area contributed by atoms with Crippen LogP contribution in [-0.4, -0.2) is 48.6 Å². The van der Waals surface area contributed by atoms with Crippen LogP contribution in [0.5, 0.6) is 5.75 Å². The smallest absolute Gasteiger partial charge is 0.163 e. The number of aliphatic hydroxyl groups is 1. The molecule has 3 aliphatic rings. The van der Waals surface area contributed by atoms with Crippen molar-refractivity contribution >= 4 is 5.78 Å². The zero-order valence-electron chi connectivity index (χ0n) is 15.4. The van der Waals surface area contributed by atoms with Gasteiger partial charge in [-0.25, -0.2) is 0 Å². The summed E-state index contributed by atoms with van der Waals surface area (Å²) in [5, 5.41) is 9.45. The number of hydrogen-bond donors (Lipinski definition) is 1. The molecule has 1 N–H and O–H groups in total. The molecule has 0 atom stereocenters. The molecule has 0 amide bonds. The molecule has 26 heavy (non-hydrogen) atoms. The number of carbonyl (C=O) groups excluding carboxylic acids is 1. The monoisotopic (exact) mass is 353 g/mol. The maximum atomic E-state index is 12.1. The van der Waals surface area contributed by atoms with Crippen LogP contribution in [0.25, 0.3) is 11.1 Å². The molecular formula is C22H27NO3. The summed E-state index contributed by atoms with van der Waals surface area (Å²) in [6.07, 6.45) is 3.00. The van der Waals surface area contributed by atoms with E-state index in [4.69, 9.17) is 4.74 Å². The topological polar surface area (TPSA) is 49.8 Å². The Hall–Kier alpha value is -2.17. The van der Waals surface area contributed by atoms with Gasteiger partial charge in [-0.1, -0.05) is 36.4 Å². The minimum absolute atomic E-state index is 0.135. The van der Waals surface area contributed by atoms with E-state index in [2.05, 4.69) is 29.2 Å². The molecule has 1 heterocycles. The number of hydrogen-bond acceptors (Lipinski definition) is 4. The summed E-state index contributed by atoms with van der Waals surface area (Å²) in [7, 11) is 1.61. The van der Waals surface area contributed by atoms with Crippen molar-refractivity contribution in [3.63, 3.8) is 0 Å². The molecule has 4 rings (SSSR count). The molecule has 0 unspecified atom stereocenters. The molecule has 0 saturated carbocycles. The molecule has 138 valence electrons. The Labute approximate surface area is 155 Å². The molecule has 1 aliphatic heterocycles. The van der Waals surface area contributed by atoms with Crippen LogP contribution < -0.4 is 4.74 Å². The Bertz CT molecular complexity index is 697. The lowest BCUT2D eigenvalue weighted by Gasteiger charge is -2.29. The van der Waals surface area contributed by atoms with Crippen LogP contribution in [0.2, 0.25) is 0 Å². The van der Waals surface area contributed by atoms with Crippen molar-refractivity contribution in [1.82, 2.24) is 4.90 Å². The zero-order chi connectivity index (χ0) is 18.4. The number of fused-ring (bicyclic) bond motifs is 1. The lowest BCUT2D eigenvalue weighted by atomic mass is 9.95. The highest BCUT2D eigenvalue weighted by Gasteiger charge is 2.16. The quantitative estimate of drug-likeness (QED) is 0.685. The minimum atomic E-state index is -0.135. The average Bonchev–Trinajstić information content (AvgIpc) is 2.66. The van der Waals surface area contributed by atoms with Crippen LogP contribution in [0.3, 0.4) is 0 Å². The largest absolute Gasteiger partial charge is 0.497 e.